The van der Waals surface area contributed by atoms with E-state index in [1.807, 2.05) is 0 Å². The van der Waals surface area contributed by atoms with Crippen LogP contribution in [0.1, 0.15) is 26.2 Å². The predicted octanol–water partition coefficient (Wildman–Crippen LogP) is 0.216. The molecular weight excluding hydrogens is 154 g/mol. The molecule has 0 bridgehead atoms. The summed E-state index contributed by atoms with van der Waals surface area (Å²) in [6.45, 7) is 5.04. The second kappa shape index (κ2) is 4.21. The molecule has 3 heteroatoms. The molecule has 1 aliphatic rings. The number of aliphatic hydroxyl groups is 2. The van der Waals surface area contributed by atoms with E-state index in [1.54, 1.807) is 0 Å². The van der Waals surface area contributed by atoms with Crippen molar-refractivity contribution in [1.29, 1.82) is 0 Å². The maximum atomic E-state index is 9.80. The Balaban J connectivity index is 2.44. The molecule has 3 nitrogen and oxygen atoms in total. The highest BCUT2D eigenvalue weighted by Crippen LogP contribution is 2.21. The molecular formula is C9H19NO2. The first kappa shape index (κ1) is 9.96. The molecule has 1 unspecified atom stereocenters. The number of likely N-dealkylation sites (tertiary alicyclic amines) is 1. The van der Waals surface area contributed by atoms with Gasteiger partial charge in [-0.25, -0.2) is 0 Å². The molecule has 1 rings (SSSR count). The average molecular weight is 173 g/mol. The second-order valence-corrected chi connectivity index (χ2v) is 3.67. The summed E-state index contributed by atoms with van der Waals surface area (Å²) in [4.78, 5) is 2.31. The summed E-state index contributed by atoms with van der Waals surface area (Å²) < 4.78 is 0. The van der Waals surface area contributed by atoms with Crippen molar-refractivity contribution in [3.63, 3.8) is 0 Å². The highest BCUT2D eigenvalue weighted by Gasteiger charge is 2.28. The van der Waals surface area contributed by atoms with Crippen LogP contribution >= 0.6 is 0 Å². The molecule has 72 valence electrons. The molecule has 1 atom stereocenters. The minimum atomic E-state index is -0.802. The van der Waals surface area contributed by atoms with E-state index in [9.17, 15) is 5.11 Å². The van der Waals surface area contributed by atoms with Crippen molar-refractivity contribution in [3.8, 4) is 0 Å². The topological polar surface area (TPSA) is 43.7 Å². The second-order valence-electron chi connectivity index (χ2n) is 3.67. The molecule has 12 heavy (non-hydrogen) atoms. The van der Waals surface area contributed by atoms with Gasteiger partial charge in [0.05, 0.1) is 12.2 Å². The first-order valence-electron chi connectivity index (χ1n) is 4.76. The summed E-state index contributed by atoms with van der Waals surface area (Å²) in [6, 6.07) is 0. The van der Waals surface area contributed by atoms with E-state index in [1.165, 1.54) is 0 Å². The summed E-state index contributed by atoms with van der Waals surface area (Å²) >= 11 is 0. The zero-order valence-corrected chi connectivity index (χ0v) is 7.79. The van der Waals surface area contributed by atoms with Crippen LogP contribution in [0.4, 0.5) is 0 Å². The Morgan fingerprint density at radius 2 is 2.08 bits per heavy atom. The predicted molar refractivity (Wildman–Crippen MR) is 48.0 cm³/mol. The van der Waals surface area contributed by atoms with Crippen LogP contribution in [0.15, 0.2) is 0 Å². The quantitative estimate of drug-likeness (QED) is 0.627. The van der Waals surface area contributed by atoms with Crippen molar-refractivity contribution >= 4 is 0 Å². The molecule has 0 aromatic carbocycles. The molecule has 1 heterocycles. The highest BCUT2D eigenvalue weighted by atomic mass is 16.3. The molecule has 1 aliphatic heterocycles. The van der Waals surface area contributed by atoms with Gasteiger partial charge in [-0.2, -0.15) is 0 Å². The molecule has 1 saturated heterocycles. The fourth-order valence-electron chi connectivity index (χ4n) is 1.71. The minimum Gasteiger partial charge on any atom is -0.393 e. The number of hydrogen-bond donors (Lipinski definition) is 2. The Hall–Kier alpha value is -0.120. The normalized spacial score (nSPS) is 33.2. The van der Waals surface area contributed by atoms with E-state index in [-0.39, 0.29) is 6.61 Å². The third-order valence-corrected chi connectivity index (χ3v) is 2.75. The van der Waals surface area contributed by atoms with E-state index in [0.717, 1.165) is 32.5 Å². The van der Waals surface area contributed by atoms with Crippen molar-refractivity contribution in [1.82, 2.24) is 4.90 Å². The summed E-state index contributed by atoms with van der Waals surface area (Å²) in [6.07, 6.45) is 2.43. The zero-order valence-electron chi connectivity index (χ0n) is 7.79. The Morgan fingerprint density at radius 3 is 2.67 bits per heavy atom. The fraction of sp³-hybridized carbons (Fsp3) is 1.00. The Bertz CT molecular complexity index is 140. The van der Waals surface area contributed by atoms with Crippen molar-refractivity contribution in [2.75, 3.05) is 26.2 Å². The van der Waals surface area contributed by atoms with Gasteiger partial charge < -0.3 is 15.1 Å². The first-order chi connectivity index (χ1) is 5.70. The lowest BCUT2D eigenvalue weighted by Gasteiger charge is -2.23. The smallest absolute Gasteiger partial charge is 0.0890 e. The number of rotatable bonds is 2. The summed E-state index contributed by atoms with van der Waals surface area (Å²) in [5, 5.41) is 18.8. The molecule has 0 radical (unpaired) electrons. The molecule has 0 spiro atoms. The molecule has 2 N–H and O–H groups in total. The van der Waals surface area contributed by atoms with Gasteiger partial charge in [-0.1, -0.05) is 6.92 Å². The van der Waals surface area contributed by atoms with Gasteiger partial charge >= 0.3 is 0 Å². The lowest BCUT2D eigenvalue weighted by atomic mass is 9.96. The lowest BCUT2D eigenvalue weighted by molar-refractivity contribution is -0.0253. The van der Waals surface area contributed by atoms with Gasteiger partial charge in [0.2, 0.25) is 0 Å². The SMILES string of the molecule is CCN1CCCC(O)(CO)CC1. The number of aliphatic hydroxyl groups excluding tert-OH is 1. The summed E-state index contributed by atoms with van der Waals surface area (Å²) in [5.74, 6) is 0. The zero-order chi connectivity index (χ0) is 9.03. The monoisotopic (exact) mass is 173 g/mol. The standard InChI is InChI=1S/C9H19NO2/c1-2-10-6-3-4-9(12,8-11)5-7-10/h11-12H,2-8H2,1H3. The van der Waals surface area contributed by atoms with Gasteiger partial charge in [-0.05, 0) is 32.4 Å². The van der Waals surface area contributed by atoms with E-state index in [4.69, 9.17) is 5.11 Å². The maximum Gasteiger partial charge on any atom is 0.0890 e. The van der Waals surface area contributed by atoms with Gasteiger partial charge in [-0.15, -0.1) is 0 Å². The molecule has 0 saturated carbocycles. The van der Waals surface area contributed by atoms with Crippen molar-refractivity contribution in [3.05, 3.63) is 0 Å². The third kappa shape index (κ3) is 2.44. The van der Waals surface area contributed by atoms with E-state index in [0.29, 0.717) is 6.42 Å². The van der Waals surface area contributed by atoms with Crippen LogP contribution in [0.3, 0.4) is 0 Å². The van der Waals surface area contributed by atoms with E-state index < -0.39 is 5.60 Å². The van der Waals surface area contributed by atoms with Gasteiger partial charge in [0.15, 0.2) is 0 Å². The van der Waals surface area contributed by atoms with Crippen LogP contribution < -0.4 is 0 Å². The number of hydrogen-bond acceptors (Lipinski definition) is 3. The Morgan fingerprint density at radius 1 is 1.33 bits per heavy atom. The van der Waals surface area contributed by atoms with E-state index in [2.05, 4.69) is 11.8 Å². The van der Waals surface area contributed by atoms with E-state index >= 15 is 0 Å². The van der Waals surface area contributed by atoms with Crippen LogP contribution in [-0.2, 0) is 0 Å². The van der Waals surface area contributed by atoms with Crippen LogP contribution in [0.2, 0.25) is 0 Å². The summed E-state index contributed by atoms with van der Waals surface area (Å²) in [5.41, 5.74) is -0.802. The minimum absolute atomic E-state index is 0.0927. The molecule has 0 amide bonds. The highest BCUT2D eigenvalue weighted by molar-refractivity contribution is 4.82. The first-order valence-corrected chi connectivity index (χ1v) is 4.76. The van der Waals surface area contributed by atoms with Gasteiger partial charge in [0, 0.05) is 6.54 Å². The van der Waals surface area contributed by atoms with Crippen molar-refractivity contribution < 1.29 is 10.2 Å². The van der Waals surface area contributed by atoms with Gasteiger partial charge in [0.1, 0.15) is 0 Å². The molecule has 0 aromatic rings. The average Bonchev–Trinajstić information content (AvgIpc) is 2.28. The molecule has 1 fully saturated rings. The Kier molecular flexibility index (Phi) is 3.50. The number of nitrogens with zero attached hydrogens (tertiary/aromatic N) is 1. The van der Waals surface area contributed by atoms with Gasteiger partial charge in [0.25, 0.3) is 0 Å². The molecule has 0 aromatic heterocycles. The van der Waals surface area contributed by atoms with Crippen LogP contribution in [0.5, 0.6) is 0 Å². The fourth-order valence-corrected chi connectivity index (χ4v) is 1.71. The Labute approximate surface area is 74.0 Å². The third-order valence-electron chi connectivity index (χ3n) is 2.75. The molecule has 0 aliphatic carbocycles. The maximum absolute atomic E-state index is 9.80. The largest absolute Gasteiger partial charge is 0.393 e. The van der Waals surface area contributed by atoms with Crippen LogP contribution in [0, 0.1) is 0 Å². The van der Waals surface area contributed by atoms with Crippen molar-refractivity contribution in [2.24, 2.45) is 0 Å². The van der Waals surface area contributed by atoms with Crippen LogP contribution in [-0.4, -0.2) is 47.0 Å². The van der Waals surface area contributed by atoms with Gasteiger partial charge in [-0.3, -0.25) is 0 Å². The lowest BCUT2D eigenvalue weighted by Crippen LogP contribution is -2.34. The van der Waals surface area contributed by atoms with Crippen LogP contribution in [0.25, 0.3) is 0 Å². The summed E-state index contributed by atoms with van der Waals surface area (Å²) in [7, 11) is 0. The van der Waals surface area contributed by atoms with Crippen molar-refractivity contribution in [2.45, 2.75) is 31.8 Å².